The van der Waals surface area contributed by atoms with Gasteiger partial charge in [-0.05, 0) is 36.8 Å². The van der Waals surface area contributed by atoms with Gasteiger partial charge in [-0.15, -0.1) is 0 Å². The van der Waals surface area contributed by atoms with Crippen LogP contribution in [0.15, 0.2) is 54.6 Å². The van der Waals surface area contributed by atoms with Crippen molar-refractivity contribution in [2.24, 2.45) is 5.92 Å². The third-order valence-corrected chi connectivity index (χ3v) is 3.70. The van der Waals surface area contributed by atoms with Crippen LogP contribution in [0.1, 0.15) is 28.9 Å². The fraction of sp³-hybridized carbons (Fsp3) is 0.263. The number of carbonyl (C=O) groups is 2. The molecule has 0 spiro atoms. The summed E-state index contributed by atoms with van der Waals surface area (Å²) in [5.74, 6) is -2.44. The smallest absolute Gasteiger partial charge is 0.313 e. The summed E-state index contributed by atoms with van der Waals surface area (Å²) in [5, 5.41) is 13.1. The van der Waals surface area contributed by atoms with Crippen molar-refractivity contribution in [2.75, 3.05) is 13.2 Å². The second-order valence-corrected chi connectivity index (χ2v) is 5.43. The lowest BCUT2D eigenvalue weighted by Crippen LogP contribution is -2.37. The van der Waals surface area contributed by atoms with Crippen molar-refractivity contribution in [2.45, 2.75) is 13.0 Å². The Labute approximate surface area is 145 Å². The molecule has 5 nitrogen and oxygen atoms in total. The number of ether oxygens (including phenoxy) is 1. The predicted molar refractivity (Wildman–Crippen MR) is 90.3 cm³/mol. The lowest BCUT2D eigenvalue weighted by molar-refractivity contribution is -0.151. The third kappa shape index (κ3) is 5.12. The van der Waals surface area contributed by atoms with E-state index in [-0.39, 0.29) is 19.1 Å². The quantitative estimate of drug-likeness (QED) is 0.756. The molecule has 2 aromatic rings. The molecule has 25 heavy (non-hydrogen) atoms. The van der Waals surface area contributed by atoms with E-state index in [4.69, 9.17) is 4.74 Å². The molecule has 0 heterocycles. The van der Waals surface area contributed by atoms with Crippen LogP contribution in [0.3, 0.4) is 0 Å². The first-order chi connectivity index (χ1) is 12.0. The van der Waals surface area contributed by atoms with Gasteiger partial charge in [-0.2, -0.15) is 0 Å². The van der Waals surface area contributed by atoms with Gasteiger partial charge in [0.1, 0.15) is 11.7 Å². The van der Waals surface area contributed by atoms with Crippen LogP contribution in [-0.4, -0.2) is 30.1 Å². The average Bonchev–Trinajstić information content (AvgIpc) is 2.63. The largest absolute Gasteiger partial charge is 0.466 e. The van der Waals surface area contributed by atoms with Crippen molar-refractivity contribution in [1.82, 2.24) is 5.32 Å². The van der Waals surface area contributed by atoms with Gasteiger partial charge >= 0.3 is 5.97 Å². The number of esters is 1. The first kappa shape index (κ1) is 18.6. The van der Waals surface area contributed by atoms with Gasteiger partial charge in [-0.3, -0.25) is 9.59 Å². The zero-order valence-electron chi connectivity index (χ0n) is 13.8. The van der Waals surface area contributed by atoms with Gasteiger partial charge in [0.2, 0.25) is 0 Å². The van der Waals surface area contributed by atoms with Crippen LogP contribution in [0.5, 0.6) is 0 Å². The number of nitrogens with one attached hydrogen (secondary N) is 1. The average molecular weight is 345 g/mol. The molecule has 0 aliphatic heterocycles. The molecule has 2 rings (SSSR count). The molecule has 0 fully saturated rings. The Kier molecular flexibility index (Phi) is 6.65. The number of rotatable bonds is 7. The Bertz CT molecular complexity index is 703. The maximum atomic E-state index is 13.0. The zero-order valence-corrected chi connectivity index (χ0v) is 13.8. The summed E-state index contributed by atoms with van der Waals surface area (Å²) >= 11 is 0. The minimum atomic E-state index is -1.23. The van der Waals surface area contributed by atoms with E-state index in [1.807, 2.05) is 0 Å². The Hall–Kier alpha value is -2.73. The molecule has 0 aromatic heterocycles. The van der Waals surface area contributed by atoms with Gasteiger partial charge in [-0.1, -0.05) is 30.3 Å². The number of aliphatic hydroxyl groups excluding tert-OH is 1. The maximum Gasteiger partial charge on any atom is 0.313 e. The first-order valence-corrected chi connectivity index (χ1v) is 7.96. The van der Waals surface area contributed by atoms with E-state index >= 15 is 0 Å². The highest BCUT2D eigenvalue weighted by molar-refractivity contribution is 5.94. The van der Waals surface area contributed by atoms with E-state index in [1.54, 1.807) is 37.3 Å². The number of benzene rings is 2. The van der Waals surface area contributed by atoms with Crippen molar-refractivity contribution < 1.29 is 23.8 Å². The summed E-state index contributed by atoms with van der Waals surface area (Å²) in [7, 11) is 0. The number of amides is 1. The molecule has 0 aliphatic rings. The fourth-order valence-corrected chi connectivity index (χ4v) is 2.36. The monoisotopic (exact) mass is 345 g/mol. The van der Waals surface area contributed by atoms with E-state index < -0.39 is 23.8 Å². The van der Waals surface area contributed by atoms with Crippen molar-refractivity contribution in [3.05, 3.63) is 71.5 Å². The van der Waals surface area contributed by atoms with Crippen molar-refractivity contribution in [3.63, 3.8) is 0 Å². The van der Waals surface area contributed by atoms with Gasteiger partial charge in [0, 0.05) is 12.1 Å². The first-order valence-electron chi connectivity index (χ1n) is 7.96. The number of hydrogen-bond donors (Lipinski definition) is 2. The van der Waals surface area contributed by atoms with Crippen LogP contribution >= 0.6 is 0 Å². The van der Waals surface area contributed by atoms with Crippen LogP contribution < -0.4 is 5.32 Å². The minimum Gasteiger partial charge on any atom is -0.466 e. The SMILES string of the molecule is CCOC(=O)[C@H](CNC(=O)c1ccccc1)[C@H](O)c1ccc(F)cc1. The molecule has 0 saturated heterocycles. The van der Waals surface area contributed by atoms with Crippen LogP contribution in [0.2, 0.25) is 0 Å². The summed E-state index contributed by atoms with van der Waals surface area (Å²) < 4.78 is 18.0. The standard InChI is InChI=1S/C19H20FNO4/c1-2-25-19(24)16(17(22)13-8-10-15(20)11-9-13)12-21-18(23)14-6-4-3-5-7-14/h3-11,16-17,22H,2,12H2,1H3,(H,21,23)/t16-,17-/m1/s1. The van der Waals surface area contributed by atoms with E-state index in [9.17, 15) is 19.1 Å². The molecule has 132 valence electrons. The summed E-state index contributed by atoms with van der Waals surface area (Å²) in [5.41, 5.74) is 0.815. The molecular weight excluding hydrogens is 325 g/mol. The lowest BCUT2D eigenvalue weighted by Gasteiger charge is -2.22. The topological polar surface area (TPSA) is 75.6 Å². The third-order valence-electron chi connectivity index (χ3n) is 3.70. The Morgan fingerprint density at radius 3 is 2.36 bits per heavy atom. The number of aliphatic hydroxyl groups is 1. The van der Waals surface area contributed by atoms with Gasteiger partial charge in [0.25, 0.3) is 5.91 Å². The molecule has 1 amide bonds. The molecule has 0 aliphatic carbocycles. The summed E-state index contributed by atoms with van der Waals surface area (Å²) in [6, 6.07) is 13.7. The number of carbonyl (C=O) groups excluding carboxylic acids is 2. The maximum absolute atomic E-state index is 13.0. The second-order valence-electron chi connectivity index (χ2n) is 5.43. The molecule has 2 atom stereocenters. The van der Waals surface area contributed by atoms with Crippen LogP contribution in [0.4, 0.5) is 4.39 Å². The van der Waals surface area contributed by atoms with Crippen LogP contribution in [0, 0.1) is 11.7 Å². The van der Waals surface area contributed by atoms with Crippen LogP contribution in [0.25, 0.3) is 0 Å². The highest BCUT2D eigenvalue weighted by Crippen LogP contribution is 2.23. The molecule has 2 aromatic carbocycles. The number of hydrogen-bond acceptors (Lipinski definition) is 4. The molecular formula is C19H20FNO4. The highest BCUT2D eigenvalue weighted by Gasteiger charge is 2.30. The van der Waals surface area contributed by atoms with E-state index in [1.165, 1.54) is 24.3 Å². The van der Waals surface area contributed by atoms with Gasteiger partial charge in [-0.25, -0.2) is 4.39 Å². The lowest BCUT2D eigenvalue weighted by atomic mass is 9.95. The van der Waals surface area contributed by atoms with Crippen molar-refractivity contribution in [1.29, 1.82) is 0 Å². The van der Waals surface area contributed by atoms with Gasteiger partial charge < -0.3 is 15.2 Å². The van der Waals surface area contributed by atoms with Crippen LogP contribution in [-0.2, 0) is 9.53 Å². The van der Waals surface area contributed by atoms with E-state index in [0.29, 0.717) is 11.1 Å². The van der Waals surface area contributed by atoms with Crippen molar-refractivity contribution in [3.8, 4) is 0 Å². The molecule has 0 radical (unpaired) electrons. The molecule has 0 unspecified atom stereocenters. The molecule has 2 N–H and O–H groups in total. The Morgan fingerprint density at radius 1 is 1.12 bits per heavy atom. The summed E-state index contributed by atoms with van der Waals surface area (Å²) in [6.45, 7) is 1.70. The summed E-state index contributed by atoms with van der Waals surface area (Å²) in [6.07, 6.45) is -1.23. The second kappa shape index (κ2) is 8.94. The van der Waals surface area contributed by atoms with E-state index in [0.717, 1.165) is 0 Å². The molecule has 6 heteroatoms. The fourth-order valence-electron chi connectivity index (χ4n) is 2.36. The zero-order chi connectivity index (χ0) is 18.2. The summed E-state index contributed by atoms with van der Waals surface area (Å²) in [4.78, 5) is 24.3. The minimum absolute atomic E-state index is 0.106. The number of halogens is 1. The van der Waals surface area contributed by atoms with Gasteiger partial charge in [0.05, 0.1) is 12.7 Å². The molecule has 0 saturated carbocycles. The Balaban J connectivity index is 2.11. The van der Waals surface area contributed by atoms with Gasteiger partial charge in [0.15, 0.2) is 0 Å². The Morgan fingerprint density at radius 2 is 1.76 bits per heavy atom. The molecule has 0 bridgehead atoms. The van der Waals surface area contributed by atoms with Crippen molar-refractivity contribution >= 4 is 11.9 Å². The normalized spacial score (nSPS) is 12.9. The highest BCUT2D eigenvalue weighted by atomic mass is 19.1. The van der Waals surface area contributed by atoms with E-state index in [2.05, 4.69) is 5.32 Å². The predicted octanol–water partition coefficient (Wildman–Crippen LogP) is 2.47.